The third-order valence-corrected chi connectivity index (χ3v) is 10.4. The second kappa shape index (κ2) is 28.5. The van der Waals surface area contributed by atoms with Gasteiger partial charge in [-0.25, -0.2) is 4.79 Å². The van der Waals surface area contributed by atoms with Crippen LogP contribution in [0.15, 0.2) is 48.5 Å². The summed E-state index contributed by atoms with van der Waals surface area (Å²) in [5, 5.41) is 43.0. The third kappa shape index (κ3) is 19.4. The van der Waals surface area contributed by atoms with Crippen LogP contribution in [0.1, 0.15) is 75.3 Å². The van der Waals surface area contributed by atoms with Crippen LogP contribution in [0.3, 0.4) is 0 Å². The first-order valence-electron chi connectivity index (χ1n) is 20.4. The first-order valence-corrected chi connectivity index (χ1v) is 21.8. The zero-order valence-electron chi connectivity index (χ0n) is 34.4. The van der Waals surface area contributed by atoms with Crippen LogP contribution in [0.4, 0.5) is 0 Å². The fourth-order valence-electron chi connectivity index (χ4n) is 6.18. The number of nitrogens with two attached hydrogens (primary N) is 4. The molecular weight excluding hydrogens is 795 g/mol. The highest BCUT2D eigenvalue weighted by Crippen LogP contribution is 2.15. The lowest BCUT2D eigenvalue weighted by Crippen LogP contribution is -2.60. The number of benzene rings is 2. The van der Waals surface area contributed by atoms with Gasteiger partial charge in [-0.3, -0.25) is 24.0 Å². The number of carbonyl (C=O) groups excluding carboxylic acids is 5. The highest BCUT2D eigenvalue weighted by atomic mass is 32.2. The van der Waals surface area contributed by atoms with Crippen LogP contribution in [-0.2, 0) is 41.6 Å². The molecule has 6 atom stereocenters. The summed E-state index contributed by atoms with van der Waals surface area (Å²) in [6, 6.07) is 4.86. The monoisotopic (exact) mass is 859 g/mol. The molecule has 16 N–H and O–H groups in total. The summed E-state index contributed by atoms with van der Waals surface area (Å²) in [6.45, 7) is 1.11. The summed E-state index contributed by atoms with van der Waals surface area (Å²) in [6.07, 6.45) is 5.70. The van der Waals surface area contributed by atoms with Crippen molar-refractivity contribution in [3.63, 3.8) is 0 Å². The van der Waals surface area contributed by atoms with Gasteiger partial charge in [0.15, 0.2) is 0 Å². The van der Waals surface area contributed by atoms with E-state index in [1.807, 2.05) is 6.26 Å². The van der Waals surface area contributed by atoms with Crippen LogP contribution in [-0.4, -0.2) is 119 Å². The fraction of sp³-hybridized carbons (Fsp3) is 0.561. The Morgan fingerprint density at radius 3 is 1.25 bits per heavy atom. The first-order chi connectivity index (χ1) is 28.7. The Bertz CT molecular complexity index is 1640. The largest absolute Gasteiger partial charge is 0.508 e. The van der Waals surface area contributed by atoms with Gasteiger partial charge in [0.2, 0.25) is 29.5 Å². The molecule has 0 bridgehead atoms. The quantitative estimate of drug-likeness (QED) is 0.0455. The maximum absolute atomic E-state index is 14.3. The molecule has 0 radical (unpaired) electrons. The van der Waals surface area contributed by atoms with Gasteiger partial charge in [-0.15, -0.1) is 0 Å². The van der Waals surface area contributed by atoms with E-state index in [2.05, 4.69) is 26.6 Å². The maximum atomic E-state index is 14.3. The summed E-state index contributed by atoms with van der Waals surface area (Å²) in [4.78, 5) is 81.1. The van der Waals surface area contributed by atoms with Gasteiger partial charge in [0.25, 0.3) is 0 Å². The number of phenols is 2. The lowest BCUT2D eigenvalue weighted by molar-refractivity contribution is -0.142. The zero-order chi connectivity index (χ0) is 44.5. The van der Waals surface area contributed by atoms with Crippen LogP contribution < -0.4 is 49.5 Å². The van der Waals surface area contributed by atoms with E-state index in [-0.39, 0.29) is 43.6 Å². The summed E-state index contributed by atoms with van der Waals surface area (Å²) < 4.78 is 0. The number of hydrogen-bond acceptors (Lipinski definition) is 13. The Balaban J connectivity index is 2.48. The lowest BCUT2D eigenvalue weighted by Gasteiger charge is -2.27. The molecule has 0 saturated carbocycles. The molecule has 60 heavy (non-hydrogen) atoms. The van der Waals surface area contributed by atoms with Gasteiger partial charge in [0.1, 0.15) is 41.7 Å². The van der Waals surface area contributed by atoms with E-state index in [0.717, 1.165) is 0 Å². The van der Waals surface area contributed by atoms with E-state index in [0.29, 0.717) is 81.5 Å². The molecule has 0 heterocycles. The van der Waals surface area contributed by atoms with E-state index >= 15 is 0 Å². The number of carboxylic acids is 1. The average Bonchev–Trinajstić information content (AvgIpc) is 3.22. The number of aromatic hydroxyl groups is 2. The smallest absolute Gasteiger partial charge is 0.326 e. The second-order valence-electron chi connectivity index (χ2n) is 14.6. The number of unbranched alkanes of at least 4 members (excludes halogenated alkanes) is 3. The highest BCUT2D eigenvalue weighted by molar-refractivity contribution is 7.98. The van der Waals surface area contributed by atoms with E-state index in [4.69, 9.17) is 22.9 Å². The topological polar surface area (TPSA) is 327 Å². The van der Waals surface area contributed by atoms with Crippen molar-refractivity contribution in [1.82, 2.24) is 26.6 Å². The normalized spacial score (nSPS) is 14.1. The Morgan fingerprint density at radius 1 is 0.517 bits per heavy atom. The van der Waals surface area contributed by atoms with Crippen LogP contribution in [0.25, 0.3) is 0 Å². The van der Waals surface area contributed by atoms with Crippen molar-refractivity contribution in [2.24, 2.45) is 22.9 Å². The summed E-state index contributed by atoms with van der Waals surface area (Å²) in [5.41, 5.74) is 24.2. The summed E-state index contributed by atoms with van der Waals surface area (Å²) >= 11 is 1.42. The van der Waals surface area contributed by atoms with Gasteiger partial charge in [-0.05, 0) is 125 Å². The van der Waals surface area contributed by atoms with Crippen LogP contribution >= 0.6 is 11.8 Å². The molecule has 0 aromatic heterocycles. The molecule has 0 fully saturated rings. The molecule has 0 saturated heterocycles. The van der Waals surface area contributed by atoms with Crippen molar-refractivity contribution in [1.29, 1.82) is 0 Å². The summed E-state index contributed by atoms with van der Waals surface area (Å²) in [7, 11) is 0. The van der Waals surface area contributed by atoms with Crippen molar-refractivity contribution in [2.75, 3.05) is 31.6 Å². The number of aliphatic carboxylic acids is 1. The molecule has 334 valence electrons. The Kier molecular flexibility index (Phi) is 24.3. The van der Waals surface area contributed by atoms with E-state index in [1.54, 1.807) is 24.3 Å². The second-order valence-corrected chi connectivity index (χ2v) is 15.6. The van der Waals surface area contributed by atoms with Crippen molar-refractivity contribution < 1.29 is 44.1 Å². The minimum Gasteiger partial charge on any atom is -0.508 e. The molecular formula is C41H65N9O9S. The maximum Gasteiger partial charge on any atom is 0.326 e. The molecule has 0 aliphatic heterocycles. The summed E-state index contributed by atoms with van der Waals surface area (Å²) in [5.74, 6) is -4.32. The third-order valence-electron chi connectivity index (χ3n) is 9.71. The molecule has 0 aliphatic rings. The number of carbonyl (C=O) groups is 6. The number of phenolic OH excluding ortho intramolecular Hbond substituents is 2. The number of thioether (sulfide) groups is 1. The Labute approximate surface area is 356 Å². The molecule has 0 spiro atoms. The standard InChI is InChI=1S/C41H65N9O9S/c1-60-23-19-33(41(58)59)48-37(54)32(10-4-7-22-44)47-39(56)34(24-26-11-15-28(51)16-12-26)50-40(57)35(25-27-13-17-29(52)18-14-27)49-38(55)31(9-3-6-21-43)46-36(53)30(45)8-2-5-20-42/h11-18,30-35,51-52H,2-10,19-25,42-45H2,1H3,(H,46,53)(H,47,56)(H,48,54)(H,49,55)(H,50,57)(H,58,59)/t30-,31-,32-,33-,34-,35-/m0/s1. The SMILES string of the molecule is CSCC[C@H](NC(=O)[C@H](CCCCN)NC(=O)[C@H](Cc1ccc(O)cc1)NC(=O)[C@H](Cc1ccc(O)cc1)NC(=O)[C@H](CCCCN)NC(=O)[C@@H](N)CCCCN)C(=O)O. The predicted molar refractivity (Wildman–Crippen MR) is 231 cm³/mol. The van der Waals surface area contributed by atoms with Crippen molar-refractivity contribution in [3.05, 3.63) is 59.7 Å². The van der Waals surface area contributed by atoms with Crippen LogP contribution in [0, 0.1) is 0 Å². The first kappa shape index (κ1) is 51.2. The van der Waals surface area contributed by atoms with Crippen molar-refractivity contribution in [2.45, 2.75) is 113 Å². The fourth-order valence-corrected chi connectivity index (χ4v) is 6.65. The predicted octanol–water partition coefficient (Wildman–Crippen LogP) is -0.141. The number of nitrogens with one attached hydrogen (secondary N) is 5. The molecule has 19 heteroatoms. The van der Waals surface area contributed by atoms with Gasteiger partial charge >= 0.3 is 5.97 Å². The average molecular weight is 860 g/mol. The molecule has 5 amide bonds. The Hall–Kier alpha value is -4.95. The van der Waals surface area contributed by atoms with E-state index < -0.39 is 71.8 Å². The van der Waals surface area contributed by atoms with E-state index in [1.165, 1.54) is 36.0 Å². The number of amides is 5. The minimum absolute atomic E-state index is 0.0242. The molecule has 2 aromatic rings. The number of carboxylic acid groups (broad SMARTS) is 1. The van der Waals surface area contributed by atoms with Gasteiger partial charge in [-0.2, -0.15) is 11.8 Å². The van der Waals surface area contributed by atoms with Gasteiger partial charge in [0, 0.05) is 12.8 Å². The zero-order valence-corrected chi connectivity index (χ0v) is 35.2. The number of rotatable bonds is 30. The molecule has 18 nitrogen and oxygen atoms in total. The highest BCUT2D eigenvalue weighted by Gasteiger charge is 2.33. The minimum atomic E-state index is -1.34. The van der Waals surface area contributed by atoms with Crippen molar-refractivity contribution >= 4 is 47.3 Å². The molecule has 0 unspecified atom stereocenters. The Morgan fingerprint density at radius 2 is 0.867 bits per heavy atom. The van der Waals surface area contributed by atoms with Crippen molar-refractivity contribution in [3.8, 4) is 11.5 Å². The molecule has 2 aromatic carbocycles. The lowest BCUT2D eigenvalue weighted by atomic mass is 10.0. The molecule has 0 aliphatic carbocycles. The van der Waals surface area contributed by atoms with Crippen LogP contribution in [0.2, 0.25) is 0 Å². The van der Waals surface area contributed by atoms with Crippen LogP contribution in [0.5, 0.6) is 11.5 Å². The van der Waals surface area contributed by atoms with E-state index in [9.17, 15) is 44.1 Å². The van der Waals surface area contributed by atoms with Gasteiger partial charge in [-0.1, -0.05) is 30.7 Å². The van der Waals surface area contributed by atoms with Gasteiger partial charge in [0.05, 0.1) is 6.04 Å². The molecule has 2 rings (SSSR count). The number of hydrogen-bond donors (Lipinski definition) is 12. The van der Waals surface area contributed by atoms with Gasteiger partial charge < -0.3 is 64.8 Å².